The van der Waals surface area contributed by atoms with E-state index in [1.807, 2.05) is 6.92 Å². The van der Waals surface area contributed by atoms with Crippen molar-refractivity contribution in [1.82, 2.24) is 4.98 Å². The summed E-state index contributed by atoms with van der Waals surface area (Å²) in [4.78, 5) is 15.8. The van der Waals surface area contributed by atoms with Crippen LogP contribution in [0.2, 0.25) is 15.2 Å². The molecule has 1 heterocycles. The van der Waals surface area contributed by atoms with Crippen molar-refractivity contribution in [2.24, 2.45) is 0 Å². The van der Waals surface area contributed by atoms with E-state index in [4.69, 9.17) is 34.8 Å². The summed E-state index contributed by atoms with van der Waals surface area (Å²) < 4.78 is 0. The number of carbonyl (C=O) groups is 1. The van der Waals surface area contributed by atoms with Gasteiger partial charge in [-0.25, -0.2) is 4.98 Å². The first kappa shape index (κ1) is 15.1. The fraction of sp³-hybridized carbons (Fsp3) is 0.143. The molecule has 6 heteroatoms. The predicted molar refractivity (Wildman–Crippen MR) is 82.8 cm³/mol. The molecule has 20 heavy (non-hydrogen) atoms. The van der Waals surface area contributed by atoms with E-state index in [1.165, 1.54) is 0 Å². The van der Waals surface area contributed by atoms with Crippen LogP contribution in [-0.2, 0) is 11.2 Å². The van der Waals surface area contributed by atoms with Gasteiger partial charge in [-0.1, -0.05) is 40.9 Å². The molecule has 1 aromatic carbocycles. The summed E-state index contributed by atoms with van der Waals surface area (Å²) in [6.45, 7) is 1.82. The number of amides is 1. The maximum Gasteiger partial charge on any atom is 0.228 e. The Hall–Kier alpha value is -1.29. The van der Waals surface area contributed by atoms with Gasteiger partial charge in [0.1, 0.15) is 5.15 Å². The van der Waals surface area contributed by atoms with Gasteiger partial charge in [0.2, 0.25) is 5.91 Å². The highest BCUT2D eigenvalue weighted by Crippen LogP contribution is 2.28. The van der Waals surface area contributed by atoms with Gasteiger partial charge in [0.15, 0.2) is 0 Å². The van der Waals surface area contributed by atoms with E-state index in [1.54, 1.807) is 30.5 Å². The molecule has 0 atom stereocenters. The molecule has 0 aliphatic heterocycles. The van der Waals surface area contributed by atoms with E-state index in [0.717, 1.165) is 11.1 Å². The van der Waals surface area contributed by atoms with Gasteiger partial charge in [-0.05, 0) is 36.2 Å². The third kappa shape index (κ3) is 3.85. The molecular weight excluding hydrogens is 319 g/mol. The van der Waals surface area contributed by atoms with Crippen LogP contribution in [0.15, 0.2) is 30.5 Å². The predicted octanol–water partition coefficient (Wildman–Crippen LogP) is 4.53. The smallest absolute Gasteiger partial charge is 0.228 e. The summed E-state index contributed by atoms with van der Waals surface area (Å²) in [5, 5.41) is 4.17. The molecule has 1 N–H and O–H groups in total. The van der Waals surface area contributed by atoms with Crippen molar-refractivity contribution in [1.29, 1.82) is 0 Å². The van der Waals surface area contributed by atoms with Crippen LogP contribution >= 0.6 is 34.8 Å². The van der Waals surface area contributed by atoms with Crippen molar-refractivity contribution in [3.05, 3.63) is 56.8 Å². The molecule has 0 unspecified atom stereocenters. The van der Waals surface area contributed by atoms with Crippen molar-refractivity contribution < 1.29 is 4.79 Å². The van der Waals surface area contributed by atoms with Crippen molar-refractivity contribution >= 4 is 46.4 Å². The summed E-state index contributed by atoms with van der Waals surface area (Å²) in [6.07, 6.45) is 1.77. The lowest BCUT2D eigenvalue weighted by Gasteiger charge is -2.08. The van der Waals surface area contributed by atoms with E-state index < -0.39 is 0 Å². The first-order valence-electron chi connectivity index (χ1n) is 5.81. The Balaban J connectivity index is 2.06. The minimum absolute atomic E-state index is 0.176. The number of aromatic nitrogens is 1. The second-order valence-electron chi connectivity index (χ2n) is 4.28. The molecule has 1 amide bonds. The molecule has 0 fully saturated rings. The molecule has 1 aromatic heterocycles. The minimum Gasteiger partial charge on any atom is -0.326 e. The number of anilines is 1. The van der Waals surface area contributed by atoms with Crippen LogP contribution in [-0.4, -0.2) is 10.9 Å². The van der Waals surface area contributed by atoms with E-state index in [9.17, 15) is 4.79 Å². The van der Waals surface area contributed by atoms with Crippen LogP contribution in [0.1, 0.15) is 11.1 Å². The van der Waals surface area contributed by atoms with Crippen LogP contribution in [0.4, 0.5) is 5.69 Å². The molecule has 0 bridgehead atoms. The second-order valence-corrected chi connectivity index (χ2v) is 5.48. The van der Waals surface area contributed by atoms with Gasteiger partial charge in [0, 0.05) is 21.9 Å². The van der Waals surface area contributed by atoms with Crippen LogP contribution in [0.5, 0.6) is 0 Å². The molecule has 3 nitrogen and oxygen atoms in total. The lowest BCUT2D eigenvalue weighted by molar-refractivity contribution is -0.115. The molecule has 2 aromatic rings. The summed E-state index contributed by atoms with van der Waals surface area (Å²) >= 11 is 17.7. The lowest BCUT2D eigenvalue weighted by atomic mass is 10.2. The highest BCUT2D eigenvalue weighted by Gasteiger charge is 2.08. The van der Waals surface area contributed by atoms with E-state index >= 15 is 0 Å². The zero-order chi connectivity index (χ0) is 14.7. The normalized spacial score (nSPS) is 10.4. The quantitative estimate of drug-likeness (QED) is 0.841. The van der Waals surface area contributed by atoms with Gasteiger partial charge in [0.05, 0.1) is 6.42 Å². The highest BCUT2D eigenvalue weighted by atomic mass is 35.5. The van der Waals surface area contributed by atoms with Crippen molar-refractivity contribution in [3.63, 3.8) is 0 Å². The number of carbonyl (C=O) groups excluding carboxylic acids is 1. The van der Waals surface area contributed by atoms with Gasteiger partial charge in [-0.2, -0.15) is 0 Å². The van der Waals surface area contributed by atoms with E-state index in [-0.39, 0.29) is 12.3 Å². The molecule has 0 saturated heterocycles. The van der Waals surface area contributed by atoms with Gasteiger partial charge < -0.3 is 5.32 Å². The summed E-state index contributed by atoms with van der Waals surface area (Å²) in [6, 6.07) is 6.73. The Labute approximate surface area is 131 Å². The number of nitrogens with one attached hydrogen (secondary N) is 1. The number of nitrogens with zero attached hydrogens (tertiary/aromatic N) is 1. The van der Waals surface area contributed by atoms with Crippen molar-refractivity contribution in [2.75, 3.05) is 5.32 Å². The Kier molecular flexibility index (Phi) is 4.86. The van der Waals surface area contributed by atoms with Gasteiger partial charge in [-0.3, -0.25) is 4.79 Å². The zero-order valence-corrected chi connectivity index (χ0v) is 12.9. The number of halogens is 3. The second kappa shape index (κ2) is 6.44. The van der Waals surface area contributed by atoms with E-state index in [2.05, 4.69) is 10.3 Å². The SMILES string of the molecule is Cc1c(Cl)cc(NC(=O)Cc2ccc(Cl)nc2)cc1Cl. The largest absolute Gasteiger partial charge is 0.326 e. The molecular formula is C14H11Cl3N2O. The van der Waals surface area contributed by atoms with Gasteiger partial charge in [0.25, 0.3) is 0 Å². The monoisotopic (exact) mass is 328 g/mol. The topological polar surface area (TPSA) is 42.0 Å². The van der Waals surface area contributed by atoms with Crippen molar-refractivity contribution in [2.45, 2.75) is 13.3 Å². The first-order chi connectivity index (χ1) is 9.45. The maximum absolute atomic E-state index is 11.9. The molecule has 0 aliphatic carbocycles. The zero-order valence-electron chi connectivity index (χ0n) is 10.6. The van der Waals surface area contributed by atoms with Gasteiger partial charge in [-0.15, -0.1) is 0 Å². The third-order valence-electron chi connectivity index (χ3n) is 2.72. The van der Waals surface area contributed by atoms with Crippen LogP contribution in [0, 0.1) is 6.92 Å². The Morgan fingerprint density at radius 2 is 1.85 bits per heavy atom. The maximum atomic E-state index is 11.9. The van der Waals surface area contributed by atoms with Crippen LogP contribution < -0.4 is 5.32 Å². The van der Waals surface area contributed by atoms with Crippen molar-refractivity contribution in [3.8, 4) is 0 Å². The molecule has 104 valence electrons. The highest BCUT2D eigenvalue weighted by molar-refractivity contribution is 6.36. The van der Waals surface area contributed by atoms with E-state index in [0.29, 0.717) is 20.9 Å². The number of rotatable bonds is 3. The summed E-state index contributed by atoms with van der Waals surface area (Å²) in [5.41, 5.74) is 2.13. The number of pyridine rings is 1. The average Bonchev–Trinajstić information content (AvgIpc) is 2.38. The molecule has 0 aliphatic rings. The fourth-order valence-electron chi connectivity index (χ4n) is 1.62. The molecule has 0 spiro atoms. The molecule has 0 radical (unpaired) electrons. The number of hydrogen-bond donors (Lipinski definition) is 1. The average molecular weight is 330 g/mol. The molecule has 0 saturated carbocycles. The Morgan fingerprint density at radius 1 is 1.20 bits per heavy atom. The standard InChI is InChI=1S/C14H11Cl3N2O/c1-8-11(15)5-10(6-12(8)16)19-14(20)4-9-2-3-13(17)18-7-9/h2-3,5-7H,4H2,1H3,(H,19,20). The minimum atomic E-state index is -0.176. The number of benzene rings is 1. The Morgan fingerprint density at radius 3 is 2.40 bits per heavy atom. The van der Waals surface area contributed by atoms with Crippen LogP contribution in [0.25, 0.3) is 0 Å². The summed E-state index contributed by atoms with van der Waals surface area (Å²) in [7, 11) is 0. The third-order valence-corrected chi connectivity index (χ3v) is 3.73. The number of hydrogen-bond acceptors (Lipinski definition) is 2. The molecule has 2 rings (SSSR count). The van der Waals surface area contributed by atoms with Crippen LogP contribution in [0.3, 0.4) is 0 Å². The lowest BCUT2D eigenvalue weighted by Crippen LogP contribution is -2.14. The van der Waals surface area contributed by atoms with Gasteiger partial charge >= 0.3 is 0 Å². The first-order valence-corrected chi connectivity index (χ1v) is 6.95. The Bertz CT molecular complexity index is 618. The summed E-state index contributed by atoms with van der Waals surface area (Å²) in [5.74, 6) is -0.176. The fourth-order valence-corrected chi connectivity index (χ4v) is 2.22.